The van der Waals surface area contributed by atoms with Crippen LogP contribution in [0.4, 0.5) is 0 Å². The summed E-state index contributed by atoms with van der Waals surface area (Å²) < 4.78 is 0. The number of pyridine rings is 1. The molecule has 1 amide bonds. The Hall–Kier alpha value is -3.25. The minimum absolute atomic E-state index is 0.0172. The van der Waals surface area contributed by atoms with Gasteiger partial charge in [-0.1, -0.05) is 78.7 Å². The summed E-state index contributed by atoms with van der Waals surface area (Å²) in [7, 11) is 0. The first-order chi connectivity index (χ1) is 20.6. The number of carbonyl (C=O) groups excluding carboxylic acids is 1. The molecule has 3 aliphatic rings. The van der Waals surface area contributed by atoms with Crippen molar-refractivity contribution in [2.45, 2.75) is 63.1 Å². The van der Waals surface area contributed by atoms with E-state index in [0.717, 1.165) is 59.2 Å². The van der Waals surface area contributed by atoms with Gasteiger partial charge in [0.05, 0.1) is 22.3 Å². The van der Waals surface area contributed by atoms with Crippen molar-refractivity contribution >= 4 is 28.4 Å². The highest BCUT2D eigenvalue weighted by Gasteiger charge is 2.46. The number of hydrogen-bond donors (Lipinski definition) is 1. The van der Waals surface area contributed by atoms with Crippen LogP contribution in [-0.2, 0) is 12.1 Å². The Morgan fingerprint density at radius 3 is 2.36 bits per heavy atom. The van der Waals surface area contributed by atoms with Crippen LogP contribution in [0.25, 0.3) is 22.2 Å². The molecule has 216 valence electrons. The van der Waals surface area contributed by atoms with Gasteiger partial charge in [-0.05, 0) is 88.5 Å². The quantitative estimate of drug-likeness (QED) is 0.248. The summed E-state index contributed by atoms with van der Waals surface area (Å²) in [4.78, 5) is 24.9. The summed E-state index contributed by atoms with van der Waals surface area (Å²) in [6.07, 6.45) is 8.27. The highest BCUT2D eigenvalue weighted by atomic mass is 35.5. The maximum Gasteiger partial charge on any atom is 0.253 e. The molecule has 4 aromatic rings. The monoisotopic (exact) mass is 578 g/mol. The van der Waals surface area contributed by atoms with E-state index in [1.165, 1.54) is 50.8 Å². The molecule has 7 rings (SSSR count). The fourth-order valence-electron chi connectivity index (χ4n) is 7.14. The average Bonchev–Trinajstić information content (AvgIpc) is 3.82. The van der Waals surface area contributed by atoms with Gasteiger partial charge < -0.3 is 10.2 Å². The Bertz CT molecular complexity index is 1570. The number of piperidine rings is 2. The van der Waals surface area contributed by atoms with Crippen LogP contribution in [-0.4, -0.2) is 52.9 Å². The van der Waals surface area contributed by atoms with Crippen molar-refractivity contribution in [1.29, 1.82) is 0 Å². The third kappa shape index (κ3) is 5.58. The number of benzene rings is 3. The minimum Gasteiger partial charge on any atom is -0.342 e. The number of hydrogen-bond acceptors (Lipinski definition) is 4. The van der Waals surface area contributed by atoms with E-state index in [-0.39, 0.29) is 11.4 Å². The number of carbonyl (C=O) groups is 1. The molecule has 1 aliphatic carbocycles. The van der Waals surface area contributed by atoms with Crippen molar-refractivity contribution in [2.75, 3.05) is 26.2 Å². The van der Waals surface area contributed by atoms with Crippen molar-refractivity contribution < 1.29 is 4.79 Å². The third-order valence-electron chi connectivity index (χ3n) is 9.59. The Balaban J connectivity index is 1.27. The first-order valence-electron chi connectivity index (χ1n) is 15.6. The molecule has 1 aromatic heterocycles. The lowest BCUT2D eigenvalue weighted by molar-refractivity contribution is 0.0881. The second-order valence-electron chi connectivity index (χ2n) is 12.3. The number of aromatic nitrogens is 1. The maximum absolute atomic E-state index is 14.5. The lowest BCUT2D eigenvalue weighted by atomic mass is 9.93. The molecule has 2 saturated heterocycles. The van der Waals surface area contributed by atoms with E-state index < -0.39 is 0 Å². The number of fused-ring (bicyclic) bond motifs is 1. The van der Waals surface area contributed by atoms with Gasteiger partial charge in [-0.15, -0.1) is 0 Å². The van der Waals surface area contributed by atoms with Crippen LogP contribution in [0.2, 0.25) is 5.02 Å². The Morgan fingerprint density at radius 2 is 1.62 bits per heavy atom. The standard InChI is InChI=1S/C36H39ClN4O/c37-28-13-9-10-26(24-28)34-31(25-40-22-16-29(17-23-40)41-20-7-2-8-21-41)33(30-14-5-6-15-32(30)38-34)35(42)39-36(18-19-36)27-11-3-1-4-12-27/h1,3-6,9-15,24,29H,2,7-8,16-23,25H2,(H,39,42). The van der Waals surface area contributed by atoms with Crippen LogP contribution in [0.3, 0.4) is 0 Å². The normalized spacial score (nSPS) is 19.5. The van der Waals surface area contributed by atoms with Crippen LogP contribution >= 0.6 is 11.6 Å². The number of amides is 1. The van der Waals surface area contributed by atoms with E-state index in [9.17, 15) is 4.79 Å². The van der Waals surface area contributed by atoms with Crippen molar-refractivity contribution in [3.8, 4) is 11.3 Å². The predicted molar refractivity (Wildman–Crippen MR) is 171 cm³/mol. The van der Waals surface area contributed by atoms with Crippen molar-refractivity contribution in [1.82, 2.24) is 20.1 Å². The van der Waals surface area contributed by atoms with Gasteiger partial charge in [-0.3, -0.25) is 9.69 Å². The molecule has 0 unspecified atom stereocenters. The first kappa shape index (κ1) is 27.6. The van der Waals surface area contributed by atoms with Crippen LogP contribution < -0.4 is 5.32 Å². The fourth-order valence-corrected chi connectivity index (χ4v) is 7.33. The van der Waals surface area contributed by atoms with E-state index in [0.29, 0.717) is 17.6 Å². The zero-order valence-corrected chi connectivity index (χ0v) is 25.0. The second kappa shape index (κ2) is 11.8. The SMILES string of the molecule is O=C(NC1(c2ccccc2)CC1)c1c(CN2CCC(N3CCCCC3)CC2)c(-c2cccc(Cl)c2)nc2ccccc12. The molecule has 2 aliphatic heterocycles. The van der Waals surface area contributed by atoms with Gasteiger partial charge in [0.2, 0.25) is 0 Å². The number of likely N-dealkylation sites (tertiary alicyclic amines) is 2. The maximum atomic E-state index is 14.5. The van der Waals surface area contributed by atoms with E-state index in [2.05, 4.69) is 45.4 Å². The van der Waals surface area contributed by atoms with Gasteiger partial charge in [0.1, 0.15) is 0 Å². The second-order valence-corrected chi connectivity index (χ2v) is 12.8. The molecule has 42 heavy (non-hydrogen) atoms. The van der Waals surface area contributed by atoms with Crippen LogP contribution in [0, 0.1) is 0 Å². The molecule has 3 fully saturated rings. The summed E-state index contributed by atoms with van der Waals surface area (Å²) in [5, 5.41) is 5.07. The topological polar surface area (TPSA) is 48.5 Å². The van der Waals surface area contributed by atoms with Gasteiger partial charge in [0, 0.05) is 34.1 Å². The zero-order valence-electron chi connectivity index (χ0n) is 24.2. The zero-order chi connectivity index (χ0) is 28.5. The van der Waals surface area contributed by atoms with Gasteiger partial charge in [-0.25, -0.2) is 4.98 Å². The van der Waals surface area contributed by atoms with E-state index >= 15 is 0 Å². The molecule has 3 aromatic carbocycles. The number of halogens is 1. The Morgan fingerprint density at radius 1 is 0.881 bits per heavy atom. The smallest absolute Gasteiger partial charge is 0.253 e. The highest BCUT2D eigenvalue weighted by molar-refractivity contribution is 6.30. The molecule has 0 bridgehead atoms. The lowest BCUT2D eigenvalue weighted by Gasteiger charge is -2.40. The minimum atomic E-state index is -0.303. The molecule has 1 N–H and O–H groups in total. The molecule has 6 heteroatoms. The number of nitrogens with one attached hydrogen (secondary N) is 1. The predicted octanol–water partition coefficient (Wildman–Crippen LogP) is 7.42. The van der Waals surface area contributed by atoms with Gasteiger partial charge >= 0.3 is 0 Å². The van der Waals surface area contributed by atoms with Gasteiger partial charge in [-0.2, -0.15) is 0 Å². The number of para-hydroxylation sites is 1. The summed E-state index contributed by atoms with van der Waals surface area (Å²) in [6, 6.07) is 27.0. The third-order valence-corrected chi connectivity index (χ3v) is 9.83. The largest absolute Gasteiger partial charge is 0.342 e. The molecule has 0 radical (unpaired) electrons. The summed E-state index contributed by atoms with van der Waals surface area (Å²) in [5.41, 5.74) is 5.24. The first-order valence-corrected chi connectivity index (χ1v) is 16.0. The molecule has 3 heterocycles. The van der Waals surface area contributed by atoms with E-state index in [4.69, 9.17) is 16.6 Å². The molecule has 5 nitrogen and oxygen atoms in total. The molecular weight excluding hydrogens is 540 g/mol. The van der Waals surface area contributed by atoms with Crippen molar-refractivity contribution in [2.24, 2.45) is 0 Å². The molecule has 0 atom stereocenters. The van der Waals surface area contributed by atoms with Crippen LogP contribution in [0.15, 0.2) is 78.9 Å². The Kier molecular flexibility index (Phi) is 7.74. The lowest BCUT2D eigenvalue weighted by Crippen LogP contribution is -2.46. The summed E-state index contributed by atoms with van der Waals surface area (Å²) >= 11 is 6.49. The number of nitrogens with zero attached hydrogens (tertiary/aromatic N) is 3. The molecule has 0 spiro atoms. The van der Waals surface area contributed by atoms with Crippen LogP contribution in [0.5, 0.6) is 0 Å². The number of rotatable bonds is 7. The van der Waals surface area contributed by atoms with Gasteiger partial charge in [0.25, 0.3) is 5.91 Å². The van der Waals surface area contributed by atoms with Crippen molar-refractivity contribution in [3.05, 3.63) is 101 Å². The van der Waals surface area contributed by atoms with E-state index in [1.807, 2.05) is 48.5 Å². The van der Waals surface area contributed by atoms with Crippen molar-refractivity contribution in [3.63, 3.8) is 0 Å². The Labute approximate surface area is 253 Å². The summed E-state index contributed by atoms with van der Waals surface area (Å²) in [6.45, 7) is 5.22. The van der Waals surface area contributed by atoms with Gasteiger partial charge in [0.15, 0.2) is 0 Å². The summed E-state index contributed by atoms with van der Waals surface area (Å²) in [5.74, 6) is -0.0172. The van der Waals surface area contributed by atoms with E-state index in [1.54, 1.807) is 0 Å². The molecular formula is C36H39ClN4O. The molecule has 1 saturated carbocycles. The highest BCUT2D eigenvalue weighted by Crippen LogP contribution is 2.46. The average molecular weight is 579 g/mol. The fraction of sp³-hybridized carbons (Fsp3) is 0.389. The van der Waals surface area contributed by atoms with Crippen LogP contribution in [0.1, 0.15) is 66.4 Å².